The Morgan fingerprint density at radius 3 is 2.33 bits per heavy atom. The molecule has 0 radical (unpaired) electrons. The van der Waals surface area contributed by atoms with Crippen LogP contribution in [0.4, 0.5) is 11.4 Å². The van der Waals surface area contributed by atoms with Crippen LogP contribution in [0.5, 0.6) is 5.75 Å². The Bertz CT molecular complexity index is 1040. The number of aryl methyl sites for hydroxylation is 1. The number of methoxy groups -OCH3 is 1. The maximum atomic E-state index is 12.6. The Morgan fingerprint density at radius 1 is 1.07 bits per heavy atom. The van der Waals surface area contributed by atoms with Gasteiger partial charge in [-0.15, -0.1) is 0 Å². The van der Waals surface area contributed by atoms with Crippen molar-refractivity contribution in [1.82, 2.24) is 9.88 Å². The van der Waals surface area contributed by atoms with E-state index >= 15 is 0 Å². The fraction of sp³-hybridized carbons (Fsp3) is 0.227. The van der Waals surface area contributed by atoms with Crippen molar-refractivity contribution in [2.24, 2.45) is 0 Å². The molecule has 0 fully saturated rings. The van der Waals surface area contributed by atoms with E-state index in [9.17, 15) is 14.9 Å². The summed E-state index contributed by atoms with van der Waals surface area (Å²) >= 11 is 0. The highest BCUT2D eigenvalue weighted by molar-refractivity contribution is 5.96. The number of hydrogen-bond acceptors (Lipinski definition) is 5. The Morgan fingerprint density at radius 2 is 1.73 bits per heavy atom. The van der Waals surface area contributed by atoms with E-state index in [0.29, 0.717) is 18.7 Å². The molecule has 1 amide bonds. The molecule has 0 aliphatic carbocycles. The van der Waals surface area contributed by atoms with Gasteiger partial charge in [-0.25, -0.2) is 0 Å². The highest BCUT2D eigenvalue weighted by atomic mass is 16.6. The summed E-state index contributed by atoms with van der Waals surface area (Å²) in [4.78, 5) is 22.9. The molecule has 1 heterocycles. The number of carbonyl (C=O) groups excluding carboxylic acids is 1. The smallest absolute Gasteiger partial charge is 0.269 e. The molecule has 0 saturated heterocycles. The number of nitro groups is 1. The second-order valence-electron chi connectivity index (χ2n) is 6.80. The molecule has 0 atom stereocenters. The Kier molecular flexibility index (Phi) is 6.36. The summed E-state index contributed by atoms with van der Waals surface area (Å²) in [6.07, 6.45) is 0. The largest absolute Gasteiger partial charge is 0.497 e. The first-order valence-electron chi connectivity index (χ1n) is 9.50. The van der Waals surface area contributed by atoms with Crippen LogP contribution in [-0.4, -0.2) is 35.6 Å². The Hall–Kier alpha value is -3.81. The van der Waals surface area contributed by atoms with Crippen molar-refractivity contribution >= 4 is 17.3 Å². The molecule has 3 aromatic rings. The van der Waals surface area contributed by atoms with Gasteiger partial charge in [0.1, 0.15) is 5.75 Å². The first-order chi connectivity index (χ1) is 14.4. The molecule has 0 saturated carbocycles. The summed E-state index contributed by atoms with van der Waals surface area (Å²) in [6.45, 7) is 4.80. The number of anilines is 1. The second kappa shape index (κ2) is 9.13. The molecule has 3 rings (SSSR count). The zero-order valence-electron chi connectivity index (χ0n) is 17.1. The number of nitro benzene ring substituents is 1. The predicted molar refractivity (Wildman–Crippen MR) is 116 cm³/mol. The molecule has 2 aromatic carbocycles. The number of ether oxygens (including phenoxy) is 1. The van der Waals surface area contributed by atoms with Crippen LogP contribution in [0.25, 0.3) is 5.69 Å². The predicted octanol–water partition coefficient (Wildman–Crippen LogP) is 3.85. The van der Waals surface area contributed by atoms with E-state index in [1.807, 2.05) is 48.7 Å². The van der Waals surface area contributed by atoms with Gasteiger partial charge in [-0.2, -0.15) is 0 Å². The van der Waals surface area contributed by atoms with Crippen LogP contribution in [0.1, 0.15) is 21.7 Å². The third kappa shape index (κ3) is 4.60. The number of carbonyl (C=O) groups is 1. The Labute approximate surface area is 174 Å². The van der Waals surface area contributed by atoms with Gasteiger partial charge in [-0.1, -0.05) is 0 Å². The fourth-order valence-electron chi connectivity index (χ4n) is 3.30. The van der Waals surface area contributed by atoms with Crippen molar-refractivity contribution in [3.05, 3.63) is 81.7 Å². The number of rotatable bonds is 8. The molecule has 2 N–H and O–H groups in total. The van der Waals surface area contributed by atoms with Crippen LogP contribution in [0.3, 0.4) is 0 Å². The number of hydrogen-bond donors (Lipinski definition) is 2. The van der Waals surface area contributed by atoms with E-state index in [0.717, 1.165) is 28.5 Å². The summed E-state index contributed by atoms with van der Waals surface area (Å²) in [6, 6.07) is 15.7. The van der Waals surface area contributed by atoms with Gasteiger partial charge >= 0.3 is 0 Å². The number of nitrogens with one attached hydrogen (secondary N) is 2. The van der Waals surface area contributed by atoms with Crippen LogP contribution in [0.15, 0.2) is 54.6 Å². The third-order valence-corrected chi connectivity index (χ3v) is 4.82. The lowest BCUT2D eigenvalue weighted by Gasteiger charge is -2.11. The average molecular weight is 408 g/mol. The van der Waals surface area contributed by atoms with E-state index in [4.69, 9.17) is 4.74 Å². The quantitative estimate of drug-likeness (QED) is 0.335. The van der Waals surface area contributed by atoms with E-state index in [-0.39, 0.29) is 11.6 Å². The van der Waals surface area contributed by atoms with Gasteiger partial charge in [-0.05, 0) is 56.3 Å². The minimum absolute atomic E-state index is 0.0427. The molecule has 0 spiro atoms. The van der Waals surface area contributed by atoms with Crippen LogP contribution in [0, 0.1) is 24.0 Å². The van der Waals surface area contributed by atoms with E-state index in [1.165, 1.54) is 12.1 Å². The van der Waals surface area contributed by atoms with E-state index in [1.54, 1.807) is 19.2 Å². The van der Waals surface area contributed by atoms with Crippen molar-refractivity contribution in [3.63, 3.8) is 0 Å². The number of amides is 1. The zero-order valence-corrected chi connectivity index (χ0v) is 17.1. The first kappa shape index (κ1) is 20.9. The highest BCUT2D eigenvalue weighted by Gasteiger charge is 2.16. The van der Waals surface area contributed by atoms with E-state index in [2.05, 4.69) is 10.6 Å². The normalized spacial score (nSPS) is 10.5. The maximum absolute atomic E-state index is 12.6. The molecule has 30 heavy (non-hydrogen) atoms. The lowest BCUT2D eigenvalue weighted by Crippen LogP contribution is -2.29. The number of nitrogens with zero attached hydrogens (tertiary/aromatic N) is 2. The van der Waals surface area contributed by atoms with Crippen LogP contribution in [-0.2, 0) is 0 Å². The van der Waals surface area contributed by atoms with Gasteiger partial charge in [0.25, 0.3) is 11.6 Å². The molecular formula is C22H24N4O4. The third-order valence-electron chi connectivity index (χ3n) is 4.82. The summed E-state index contributed by atoms with van der Waals surface area (Å²) in [7, 11) is 1.63. The maximum Gasteiger partial charge on any atom is 0.269 e. The summed E-state index contributed by atoms with van der Waals surface area (Å²) in [5.74, 6) is 0.632. The van der Waals surface area contributed by atoms with Crippen molar-refractivity contribution in [1.29, 1.82) is 0 Å². The summed E-state index contributed by atoms with van der Waals surface area (Å²) in [5.41, 5.74) is 4.21. The lowest BCUT2D eigenvalue weighted by molar-refractivity contribution is -0.384. The minimum atomic E-state index is -0.438. The average Bonchev–Trinajstić information content (AvgIpc) is 3.05. The molecule has 8 nitrogen and oxygen atoms in total. The number of aromatic nitrogens is 1. The highest BCUT2D eigenvalue weighted by Crippen LogP contribution is 2.22. The summed E-state index contributed by atoms with van der Waals surface area (Å²) in [5, 5.41) is 16.7. The van der Waals surface area contributed by atoms with Gasteiger partial charge in [0, 0.05) is 48.0 Å². The molecule has 156 valence electrons. The van der Waals surface area contributed by atoms with Gasteiger partial charge < -0.3 is 19.9 Å². The van der Waals surface area contributed by atoms with Gasteiger partial charge in [0.05, 0.1) is 17.6 Å². The molecule has 0 aliphatic heterocycles. The van der Waals surface area contributed by atoms with Gasteiger partial charge in [0.15, 0.2) is 0 Å². The molecule has 0 bridgehead atoms. The van der Waals surface area contributed by atoms with Crippen molar-refractivity contribution in [2.45, 2.75) is 13.8 Å². The zero-order chi connectivity index (χ0) is 21.7. The first-order valence-corrected chi connectivity index (χ1v) is 9.50. The van der Waals surface area contributed by atoms with E-state index < -0.39 is 4.92 Å². The van der Waals surface area contributed by atoms with Crippen LogP contribution < -0.4 is 15.4 Å². The van der Waals surface area contributed by atoms with Gasteiger partial charge in [0.2, 0.25) is 0 Å². The standard InChI is InChI=1S/C22H24N4O4/c1-15-14-21(16(2)25(15)18-8-10-20(30-3)11-9-18)22(27)24-13-12-23-17-4-6-19(7-5-17)26(28)29/h4-11,14,23H,12-13H2,1-3H3,(H,24,27). The minimum Gasteiger partial charge on any atom is -0.497 e. The van der Waals surface area contributed by atoms with Gasteiger partial charge in [-0.3, -0.25) is 14.9 Å². The van der Waals surface area contributed by atoms with Crippen molar-refractivity contribution in [2.75, 3.05) is 25.5 Å². The van der Waals surface area contributed by atoms with Crippen molar-refractivity contribution in [3.8, 4) is 11.4 Å². The topological polar surface area (TPSA) is 98.4 Å². The van der Waals surface area contributed by atoms with Crippen molar-refractivity contribution < 1.29 is 14.5 Å². The number of benzene rings is 2. The molecule has 0 unspecified atom stereocenters. The molecule has 8 heteroatoms. The number of non-ortho nitro benzene ring substituents is 1. The molecule has 1 aromatic heterocycles. The summed E-state index contributed by atoms with van der Waals surface area (Å²) < 4.78 is 7.23. The molecular weight excluding hydrogens is 384 g/mol. The van der Waals surface area contributed by atoms with Crippen LogP contribution in [0.2, 0.25) is 0 Å². The Balaban J connectivity index is 1.59. The second-order valence-corrected chi connectivity index (χ2v) is 6.80. The van der Waals surface area contributed by atoms with Crippen LogP contribution >= 0.6 is 0 Å². The SMILES string of the molecule is COc1ccc(-n2c(C)cc(C(=O)NCCNc3ccc([N+](=O)[O-])cc3)c2C)cc1. The molecule has 0 aliphatic rings. The fourth-order valence-corrected chi connectivity index (χ4v) is 3.30. The lowest BCUT2D eigenvalue weighted by atomic mass is 10.2. The monoisotopic (exact) mass is 408 g/mol.